The molecule has 96 valence electrons. The molecule has 0 atom stereocenters. The lowest BCUT2D eigenvalue weighted by Crippen LogP contribution is -2.56. The van der Waals surface area contributed by atoms with Gasteiger partial charge in [0.15, 0.2) is 0 Å². The van der Waals surface area contributed by atoms with E-state index in [9.17, 15) is 5.11 Å². The van der Waals surface area contributed by atoms with E-state index in [0.29, 0.717) is 5.92 Å². The fraction of sp³-hybridized carbons (Fsp3) is 0.643. The lowest BCUT2D eigenvalue weighted by Gasteiger charge is -2.45. The standard InChI is InChI=1S/C12H18N2O.C2H6/c1-9-4-5-13-11(6-9)14-7-10(8-14)12(2,3)15;1-2/h4-6,10,15H,7-8H2,1-3H3;1-2H3. The van der Waals surface area contributed by atoms with Crippen molar-refractivity contribution in [2.24, 2.45) is 5.92 Å². The molecule has 1 N–H and O–H groups in total. The Labute approximate surface area is 104 Å². The van der Waals surface area contributed by atoms with Crippen molar-refractivity contribution in [2.75, 3.05) is 18.0 Å². The first-order valence-electron chi connectivity index (χ1n) is 6.37. The minimum Gasteiger partial charge on any atom is -0.390 e. The molecule has 1 aromatic rings. The van der Waals surface area contributed by atoms with Crippen molar-refractivity contribution in [3.63, 3.8) is 0 Å². The van der Waals surface area contributed by atoms with Gasteiger partial charge in [0.1, 0.15) is 5.82 Å². The third-order valence-electron chi connectivity index (χ3n) is 3.11. The Morgan fingerprint density at radius 1 is 1.35 bits per heavy atom. The molecule has 3 heteroatoms. The zero-order chi connectivity index (χ0) is 13.1. The topological polar surface area (TPSA) is 36.4 Å². The molecule has 0 amide bonds. The summed E-state index contributed by atoms with van der Waals surface area (Å²) in [7, 11) is 0. The van der Waals surface area contributed by atoms with Crippen molar-refractivity contribution >= 4 is 5.82 Å². The fourth-order valence-corrected chi connectivity index (χ4v) is 1.81. The van der Waals surface area contributed by atoms with Gasteiger partial charge in [-0.15, -0.1) is 0 Å². The van der Waals surface area contributed by atoms with Crippen molar-refractivity contribution in [2.45, 2.75) is 40.2 Å². The number of aliphatic hydroxyl groups is 1. The maximum absolute atomic E-state index is 9.81. The van der Waals surface area contributed by atoms with Gasteiger partial charge in [-0.05, 0) is 38.5 Å². The second-order valence-electron chi connectivity index (χ2n) is 4.95. The number of pyridine rings is 1. The highest BCUT2D eigenvalue weighted by Crippen LogP contribution is 2.30. The van der Waals surface area contributed by atoms with Gasteiger partial charge in [-0.25, -0.2) is 4.98 Å². The van der Waals surface area contributed by atoms with Gasteiger partial charge in [0.2, 0.25) is 0 Å². The fourth-order valence-electron chi connectivity index (χ4n) is 1.81. The molecule has 0 aromatic carbocycles. The molecule has 0 spiro atoms. The highest BCUT2D eigenvalue weighted by Gasteiger charge is 2.37. The molecular formula is C14H24N2O. The van der Waals surface area contributed by atoms with E-state index in [1.165, 1.54) is 5.56 Å². The summed E-state index contributed by atoms with van der Waals surface area (Å²) in [5.74, 6) is 1.38. The Balaban J connectivity index is 0.000000686. The van der Waals surface area contributed by atoms with Crippen LogP contribution in [0.15, 0.2) is 18.3 Å². The number of nitrogens with zero attached hydrogens (tertiary/aromatic N) is 2. The Hall–Kier alpha value is -1.09. The van der Waals surface area contributed by atoms with Crippen LogP contribution in [0.4, 0.5) is 5.82 Å². The highest BCUT2D eigenvalue weighted by atomic mass is 16.3. The molecule has 0 unspecified atom stereocenters. The summed E-state index contributed by atoms with van der Waals surface area (Å²) in [6.45, 7) is 11.6. The zero-order valence-corrected chi connectivity index (χ0v) is 11.6. The molecule has 1 saturated heterocycles. The van der Waals surface area contributed by atoms with Crippen LogP contribution in [0.5, 0.6) is 0 Å². The first kappa shape index (κ1) is 14.0. The largest absolute Gasteiger partial charge is 0.390 e. The molecular weight excluding hydrogens is 212 g/mol. The summed E-state index contributed by atoms with van der Waals surface area (Å²) in [5, 5.41) is 9.81. The number of hydrogen-bond acceptors (Lipinski definition) is 3. The minimum atomic E-state index is -0.569. The summed E-state index contributed by atoms with van der Waals surface area (Å²) in [6, 6.07) is 4.08. The Morgan fingerprint density at radius 3 is 2.41 bits per heavy atom. The smallest absolute Gasteiger partial charge is 0.128 e. The normalized spacial score (nSPS) is 16.0. The van der Waals surface area contributed by atoms with Crippen LogP contribution < -0.4 is 4.90 Å². The van der Waals surface area contributed by atoms with E-state index >= 15 is 0 Å². The lowest BCUT2D eigenvalue weighted by atomic mass is 9.84. The van der Waals surface area contributed by atoms with Gasteiger partial charge < -0.3 is 10.0 Å². The van der Waals surface area contributed by atoms with Crippen molar-refractivity contribution in [1.82, 2.24) is 4.98 Å². The van der Waals surface area contributed by atoms with E-state index in [1.807, 2.05) is 40.0 Å². The predicted octanol–water partition coefficient (Wildman–Crippen LogP) is 2.62. The van der Waals surface area contributed by atoms with Gasteiger partial charge in [-0.2, -0.15) is 0 Å². The summed E-state index contributed by atoms with van der Waals surface area (Å²) in [6.07, 6.45) is 1.84. The molecule has 0 saturated carbocycles. The molecule has 2 rings (SSSR count). The quantitative estimate of drug-likeness (QED) is 0.857. The first-order valence-corrected chi connectivity index (χ1v) is 6.37. The second-order valence-corrected chi connectivity index (χ2v) is 4.95. The summed E-state index contributed by atoms with van der Waals surface area (Å²) in [4.78, 5) is 6.53. The van der Waals surface area contributed by atoms with Crippen LogP contribution in [-0.2, 0) is 0 Å². The van der Waals surface area contributed by atoms with E-state index in [4.69, 9.17) is 0 Å². The van der Waals surface area contributed by atoms with E-state index in [1.54, 1.807) is 0 Å². The third-order valence-corrected chi connectivity index (χ3v) is 3.11. The summed E-state index contributed by atoms with van der Waals surface area (Å²) >= 11 is 0. The van der Waals surface area contributed by atoms with E-state index < -0.39 is 5.60 Å². The molecule has 1 aliphatic rings. The summed E-state index contributed by atoms with van der Waals surface area (Å²) in [5.41, 5.74) is 0.659. The Kier molecular flexibility index (Phi) is 4.52. The van der Waals surface area contributed by atoms with Gasteiger partial charge in [0.25, 0.3) is 0 Å². The van der Waals surface area contributed by atoms with Crippen molar-refractivity contribution in [3.8, 4) is 0 Å². The zero-order valence-electron chi connectivity index (χ0n) is 11.6. The van der Waals surface area contributed by atoms with Gasteiger partial charge in [-0.3, -0.25) is 0 Å². The molecule has 0 aliphatic carbocycles. The van der Waals surface area contributed by atoms with Gasteiger partial charge in [-0.1, -0.05) is 13.8 Å². The predicted molar refractivity (Wildman–Crippen MR) is 72.3 cm³/mol. The van der Waals surface area contributed by atoms with Crippen molar-refractivity contribution < 1.29 is 5.11 Å². The maximum Gasteiger partial charge on any atom is 0.128 e. The molecule has 1 aromatic heterocycles. The molecule has 0 radical (unpaired) electrons. The second kappa shape index (κ2) is 5.50. The van der Waals surface area contributed by atoms with Gasteiger partial charge in [0.05, 0.1) is 5.60 Å². The van der Waals surface area contributed by atoms with Crippen molar-refractivity contribution in [3.05, 3.63) is 23.9 Å². The molecule has 0 bridgehead atoms. The maximum atomic E-state index is 9.81. The SMILES string of the molecule is CC.Cc1ccnc(N2CC(C(C)(C)O)C2)c1. The highest BCUT2D eigenvalue weighted by molar-refractivity contribution is 5.43. The Bertz CT molecular complexity index is 351. The van der Waals surface area contributed by atoms with Crippen LogP contribution in [0.25, 0.3) is 0 Å². The van der Waals surface area contributed by atoms with Crippen LogP contribution in [0.3, 0.4) is 0 Å². The number of aryl methyl sites for hydroxylation is 1. The van der Waals surface area contributed by atoms with Crippen LogP contribution in [0, 0.1) is 12.8 Å². The summed E-state index contributed by atoms with van der Waals surface area (Å²) < 4.78 is 0. The molecule has 2 heterocycles. The average molecular weight is 236 g/mol. The monoisotopic (exact) mass is 236 g/mol. The van der Waals surface area contributed by atoms with Crippen molar-refractivity contribution in [1.29, 1.82) is 0 Å². The number of anilines is 1. The van der Waals surface area contributed by atoms with Crippen LogP contribution in [-0.4, -0.2) is 28.8 Å². The number of aromatic nitrogens is 1. The molecule has 1 fully saturated rings. The van der Waals surface area contributed by atoms with Crippen LogP contribution in [0.2, 0.25) is 0 Å². The van der Waals surface area contributed by atoms with E-state index in [2.05, 4.69) is 22.9 Å². The molecule has 3 nitrogen and oxygen atoms in total. The van der Waals surface area contributed by atoms with Gasteiger partial charge in [0, 0.05) is 25.2 Å². The number of hydrogen-bond donors (Lipinski definition) is 1. The van der Waals surface area contributed by atoms with Crippen LogP contribution >= 0.6 is 0 Å². The van der Waals surface area contributed by atoms with Crippen LogP contribution in [0.1, 0.15) is 33.3 Å². The molecule has 17 heavy (non-hydrogen) atoms. The average Bonchev–Trinajstić information content (AvgIpc) is 2.16. The number of rotatable bonds is 2. The van der Waals surface area contributed by atoms with Gasteiger partial charge >= 0.3 is 0 Å². The third kappa shape index (κ3) is 3.43. The lowest BCUT2D eigenvalue weighted by molar-refractivity contribution is 0.00439. The first-order chi connectivity index (χ1) is 7.97. The van der Waals surface area contributed by atoms with E-state index in [0.717, 1.165) is 18.9 Å². The minimum absolute atomic E-state index is 0.361. The Morgan fingerprint density at radius 2 is 1.94 bits per heavy atom. The molecule has 1 aliphatic heterocycles. The van der Waals surface area contributed by atoms with E-state index in [-0.39, 0.29) is 0 Å².